The number of alkyl halides is 3. The standard InChI is InChI=1S/C23H16ClF3N4OS/c24-18-7-5-17(6-8-18)21(13-15-1-3-16(14-28)4-2-15)30-31-22(33)29-19-9-11-20(12-10-19)32-23(25,26)27/h1-12H,13H2,(H2,29,31,33). The molecule has 3 rings (SSSR count). The fourth-order valence-corrected chi connectivity index (χ4v) is 3.05. The number of hydrogen-bond donors (Lipinski definition) is 2. The van der Waals surface area contributed by atoms with E-state index in [1.54, 1.807) is 24.3 Å². The predicted molar refractivity (Wildman–Crippen MR) is 125 cm³/mol. The summed E-state index contributed by atoms with van der Waals surface area (Å²) in [5.41, 5.74) is 6.17. The van der Waals surface area contributed by atoms with Crippen LogP contribution < -0.4 is 15.5 Å². The highest BCUT2D eigenvalue weighted by atomic mass is 35.5. The van der Waals surface area contributed by atoms with E-state index in [1.165, 1.54) is 24.3 Å². The molecule has 33 heavy (non-hydrogen) atoms. The fourth-order valence-electron chi connectivity index (χ4n) is 2.76. The van der Waals surface area contributed by atoms with Crippen LogP contribution >= 0.6 is 23.8 Å². The molecule has 0 spiro atoms. The summed E-state index contributed by atoms with van der Waals surface area (Å²) in [6.07, 6.45) is -4.31. The largest absolute Gasteiger partial charge is 0.573 e. The number of hydrazone groups is 1. The highest BCUT2D eigenvalue weighted by molar-refractivity contribution is 7.80. The van der Waals surface area contributed by atoms with Crippen molar-refractivity contribution in [1.29, 1.82) is 5.26 Å². The van der Waals surface area contributed by atoms with Gasteiger partial charge in [-0.3, -0.25) is 5.43 Å². The second-order valence-corrected chi connectivity index (χ2v) is 7.53. The van der Waals surface area contributed by atoms with E-state index in [9.17, 15) is 13.2 Å². The molecule has 10 heteroatoms. The number of nitrogens with one attached hydrogen (secondary N) is 2. The Balaban J connectivity index is 1.71. The van der Waals surface area contributed by atoms with Crippen molar-refractivity contribution in [2.45, 2.75) is 12.8 Å². The van der Waals surface area contributed by atoms with Gasteiger partial charge < -0.3 is 10.1 Å². The predicted octanol–water partition coefficient (Wildman–Crippen LogP) is 6.04. The number of anilines is 1. The van der Waals surface area contributed by atoms with Gasteiger partial charge in [0.15, 0.2) is 5.11 Å². The van der Waals surface area contributed by atoms with Gasteiger partial charge in [-0.25, -0.2) is 0 Å². The molecule has 168 valence electrons. The molecule has 0 saturated carbocycles. The summed E-state index contributed by atoms with van der Waals surface area (Å²) in [4.78, 5) is 0. The van der Waals surface area contributed by atoms with Gasteiger partial charge in [0.2, 0.25) is 0 Å². The Hall–Kier alpha value is -3.61. The molecule has 0 aliphatic rings. The zero-order chi connectivity index (χ0) is 23.8. The first-order valence-electron chi connectivity index (χ1n) is 9.46. The van der Waals surface area contributed by atoms with Crippen molar-refractivity contribution in [3.8, 4) is 11.8 Å². The third kappa shape index (κ3) is 7.79. The molecule has 3 aromatic rings. The van der Waals surface area contributed by atoms with Crippen molar-refractivity contribution in [1.82, 2.24) is 5.43 Å². The van der Waals surface area contributed by atoms with E-state index in [0.29, 0.717) is 28.4 Å². The zero-order valence-electron chi connectivity index (χ0n) is 16.9. The number of thiocarbonyl (C=S) groups is 1. The molecule has 0 aliphatic carbocycles. The second kappa shape index (κ2) is 10.8. The summed E-state index contributed by atoms with van der Waals surface area (Å²) in [6, 6.07) is 21.5. The molecular formula is C23H16ClF3N4OS. The third-order valence-corrected chi connectivity index (χ3v) is 4.72. The van der Waals surface area contributed by atoms with Crippen molar-refractivity contribution >= 4 is 40.3 Å². The molecule has 0 amide bonds. The van der Waals surface area contributed by atoms with Crippen LogP contribution in [-0.4, -0.2) is 17.2 Å². The summed E-state index contributed by atoms with van der Waals surface area (Å²) in [5, 5.41) is 16.9. The van der Waals surface area contributed by atoms with E-state index in [0.717, 1.165) is 11.1 Å². The van der Waals surface area contributed by atoms with E-state index in [4.69, 9.17) is 29.1 Å². The number of nitrogens with zero attached hydrogens (tertiary/aromatic N) is 2. The Kier molecular flexibility index (Phi) is 7.87. The lowest BCUT2D eigenvalue weighted by atomic mass is 10.0. The van der Waals surface area contributed by atoms with Crippen LogP contribution in [0, 0.1) is 11.3 Å². The summed E-state index contributed by atoms with van der Waals surface area (Å²) in [6.45, 7) is 0. The maximum Gasteiger partial charge on any atom is 0.573 e. The Bertz CT molecular complexity index is 1170. The molecule has 0 unspecified atom stereocenters. The van der Waals surface area contributed by atoms with E-state index in [-0.39, 0.29) is 10.9 Å². The lowest BCUT2D eigenvalue weighted by molar-refractivity contribution is -0.274. The van der Waals surface area contributed by atoms with Crippen LogP contribution in [0.3, 0.4) is 0 Å². The van der Waals surface area contributed by atoms with Crippen LogP contribution in [0.25, 0.3) is 0 Å². The number of nitriles is 1. The van der Waals surface area contributed by atoms with Crippen molar-refractivity contribution < 1.29 is 17.9 Å². The molecular weight excluding hydrogens is 473 g/mol. The molecule has 0 atom stereocenters. The average Bonchev–Trinajstić information content (AvgIpc) is 2.78. The number of hydrogen-bond acceptors (Lipinski definition) is 4. The number of rotatable bonds is 6. The highest BCUT2D eigenvalue weighted by Crippen LogP contribution is 2.24. The summed E-state index contributed by atoms with van der Waals surface area (Å²) >= 11 is 11.2. The van der Waals surface area contributed by atoms with Crippen LogP contribution in [0.5, 0.6) is 5.75 Å². The fraction of sp³-hybridized carbons (Fsp3) is 0.0870. The van der Waals surface area contributed by atoms with Gasteiger partial charge in [0.1, 0.15) is 5.75 Å². The van der Waals surface area contributed by atoms with Gasteiger partial charge in [0, 0.05) is 17.1 Å². The molecule has 0 heterocycles. The third-order valence-electron chi connectivity index (χ3n) is 4.27. The summed E-state index contributed by atoms with van der Waals surface area (Å²) in [7, 11) is 0. The SMILES string of the molecule is N#Cc1ccc(CC(=NNC(=S)Nc2ccc(OC(F)(F)F)cc2)c2ccc(Cl)cc2)cc1. The van der Waals surface area contributed by atoms with Gasteiger partial charge in [-0.2, -0.15) is 10.4 Å². The second-order valence-electron chi connectivity index (χ2n) is 6.69. The smallest absolute Gasteiger partial charge is 0.406 e. The van der Waals surface area contributed by atoms with E-state index in [2.05, 4.69) is 26.7 Å². The number of benzene rings is 3. The molecule has 2 N–H and O–H groups in total. The average molecular weight is 489 g/mol. The molecule has 0 saturated heterocycles. The lowest BCUT2D eigenvalue weighted by Crippen LogP contribution is -2.26. The van der Waals surface area contributed by atoms with Crippen LogP contribution in [0.1, 0.15) is 16.7 Å². The van der Waals surface area contributed by atoms with Crippen molar-refractivity contribution in [3.05, 3.63) is 94.5 Å². The number of halogens is 4. The lowest BCUT2D eigenvalue weighted by Gasteiger charge is -2.12. The van der Waals surface area contributed by atoms with E-state index >= 15 is 0 Å². The molecule has 0 bridgehead atoms. The van der Waals surface area contributed by atoms with Gasteiger partial charge in [0.25, 0.3) is 0 Å². The molecule has 5 nitrogen and oxygen atoms in total. The molecule has 0 aliphatic heterocycles. The van der Waals surface area contributed by atoms with Crippen molar-refractivity contribution in [2.24, 2.45) is 5.10 Å². The minimum Gasteiger partial charge on any atom is -0.406 e. The summed E-state index contributed by atoms with van der Waals surface area (Å²) in [5.74, 6) is -0.336. The minimum atomic E-state index is -4.76. The van der Waals surface area contributed by atoms with E-state index in [1.807, 2.05) is 24.3 Å². The normalized spacial score (nSPS) is 11.4. The van der Waals surface area contributed by atoms with Gasteiger partial charge in [-0.05, 0) is 71.9 Å². The highest BCUT2D eigenvalue weighted by Gasteiger charge is 2.30. The Morgan fingerprint density at radius 2 is 1.64 bits per heavy atom. The van der Waals surface area contributed by atoms with Gasteiger partial charge in [-0.15, -0.1) is 13.2 Å². The maximum absolute atomic E-state index is 12.3. The van der Waals surface area contributed by atoms with Crippen molar-refractivity contribution in [2.75, 3.05) is 5.32 Å². The van der Waals surface area contributed by atoms with Crippen molar-refractivity contribution in [3.63, 3.8) is 0 Å². The topological polar surface area (TPSA) is 69.4 Å². The Morgan fingerprint density at radius 3 is 2.21 bits per heavy atom. The Labute approximate surface area is 198 Å². The monoisotopic (exact) mass is 488 g/mol. The number of ether oxygens (including phenoxy) is 1. The molecule has 3 aromatic carbocycles. The first-order chi connectivity index (χ1) is 15.7. The molecule has 0 aromatic heterocycles. The van der Waals surface area contributed by atoms with E-state index < -0.39 is 6.36 Å². The first-order valence-corrected chi connectivity index (χ1v) is 10.2. The molecule has 0 fully saturated rings. The van der Waals surface area contributed by atoms with Crippen LogP contribution in [0.15, 0.2) is 77.9 Å². The molecule has 0 radical (unpaired) electrons. The van der Waals surface area contributed by atoms with Crippen LogP contribution in [0.2, 0.25) is 5.02 Å². The van der Waals surface area contributed by atoms with Crippen LogP contribution in [-0.2, 0) is 6.42 Å². The van der Waals surface area contributed by atoms with Gasteiger partial charge in [0.05, 0.1) is 17.3 Å². The Morgan fingerprint density at radius 1 is 1.00 bits per heavy atom. The quantitative estimate of drug-likeness (QED) is 0.251. The summed E-state index contributed by atoms with van der Waals surface area (Å²) < 4.78 is 40.7. The zero-order valence-corrected chi connectivity index (χ0v) is 18.4. The van der Waals surface area contributed by atoms with Gasteiger partial charge in [-0.1, -0.05) is 35.9 Å². The maximum atomic E-state index is 12.3. The van der Waals surface area contributed by atoms with Crippen LogP contribution in [0.4, 0.5) is 18.9 Å². The minimum absolute atomic E-state index is 0.144. The first kappa shape index (κ1) is 24.0. The van der Waals surface area contributed by atoms with Gasteiger partial charge >= 0.3 is 6.36 Å².